The Hall–Kier alpha value is -2.30. The van der Waals surface area contributed by atoms with E-state index in [0.717, 1.165) is 4.90 Å². The van der Waals surface area contributed by atoms with Gasteiger partial charge in [-0.25, -0.2) is 4.98 Å². The van der Waals surface area contributed by atoms with Crippen LogP contribution in [0.4, 0.5) is 17.2 Å². The zero-order valence-electron chi connectivity index (χ0n) is 13.7. The molecule has 0 spiro atoms. The highest BCUT2D eigenvalue weighted by Crippen LogP contribution is 2.37. The van der Waals surface area contributed by atoms with E-state index in [1.54, 1.807) is 19.0 Å². The number of pyridine rings is 1. The van der Waals surface area contributed by atoms with E-state index >= 15 is 0 Å². The molecular formula is C15H16N4O4S2. The Morgan fingerprint density at radius 2 is 1.96 bits per heavy atom. The first-order valence-electron chi connectivity index (χ1n) is 6.96. The predicted molar refractivity (Wildman–Crippen MR) is 96.2 cm³/mol. The molecule has 0 aliphatic heterocycles. The average Bonchev–Trinajstić information content (AvgIpc) is 2.58. The largest absolute Gasteiger partial charge is 0.377 e. The molecule has 1 aromatic carbocycles. The lowest BCUT2D eigenvalue weighted by Gasteiger charge is -2.18. The van der Waals surface area contributed by atoms with Crippen molar-refractivity contribution in [3.8, 4) is 0 Å². The van der Waals surface area contributed by atoms with Crippen molar-refractivity contribution in [2.75, 3.05) is 25.3 Å². The van der Waals surface area contributed by atoms with Crippen LogP contribution in [0, 0.1) is 0 Å². The summed E-state index contributed by atoms with van der Waals surface area (Å²) in [5.74, 6) is 0.147. The van der Waals surface area contributed by atoms with Crippen molar-refractivity contribution in [2.45, 2.75) is 9.79 Å². The van der Waals surface area contributed by atoms with Crippen molar-refractivity contribution in [1.29, 1.82) is 0 Å². The number of hydrogen-bond acceptors (Lipinski definition) is 8. The second-order valence-electron chi connectivity index (χ2n) is 5.13. The van der Waals surface area contributed by atoms with Gasteiger partial charge in [-0.1, -0.05) is 0 Å². The minimum absolute atomic E-state index is 0.0178. The van der Waals surface area contributed by atoms with Crippen LogP contribution in [0.5, 0.6) is 0 Å². The van der Waals surface area contributed by atoms with Gasteiger partial charge in [0.2, 0.25) is 0 Å². The van der Waals surface area contributed by atoms with E-state index in [4.69, 9.17) is 0 Å². The van der Waals surface area contributed by atoms with Gasteiger partial charge in [-0.15, -0.1) is 22.0 Å². The van der Waals surface area contributed by atoms with Crippen molar-refractivity contribution < 1.29 is 17.8 Å². The van der Waals surface area contributed by atoms with E-state index in [1.165, 1.54) is 42.2 Å². The van der Waals surface area contributed by atoms with Gasteiger partial charge in [0.05, 0.1) is 5.69 Å². The molecule has 8 nitrogen and oxygen atoms in total. The standard InChI is InChI=1S/C15H16N4O4S2/c1-19(2)12-8-14(25(21,22)23)11(7-13(12)24-3)17-18-15-6-10(9-20)4-5-16-15/h4-9H,1-3H3,(H,21,22,23). The summed E-state index contributed by atoms with van der Waals surface area (Å²) in [4.78, 5) is 16.9. The molecule has 2 rings (SSSR count). The fraction of sp³-hybridized carbons (Fsp3) is 0.200. The lowest BCUT2D eigenvalue weighted by Crippen LogP contribution is -2.11. The SMILES string of the molecule is CSc1cc(N=Nc2cc(C=O)ccn2)c(S(=O)(=O)O)cc1N(C)C. The molecule has 1 N–H and O–H groups in total. The highest BCUT2D eigenvalue weighted by atomic mass is 32.2. The number of aldehydes is 1. The van der Waals surface area contributed by atoms with E-state index in [2.05, 4.69) is 15.2 Å². The van der Waals surface area contributed by atoms with E-state index in [1.807, 2.05) is 6.26 Å². The van der Waals surface area contributed by atoms with Crippen LogP contribution in [0.3, 0.4) is 0 Å². The van der Waals surface area contributed by atoms with Gasteiger partial charge in [0, 0.05) is 30.8 Å². The summed E-state index contributed by atoms with van der Waals surface area (Å²) in [7, 11) is -0.972. The summed E-state index contributed by atoms with van der Waals surface area (Å²) >= 11 is 1.40. The van der Waals surface area contributed by atoms with Crippen LogP contribution in [0.15, 0.2) is 50.5 Å². The van der Waals surface area contributed by atoms with Crippen molar-refractivity contribution in [3.05, 3.63) is 36.0 Å². The normalized spacial score (nSPS) is 11.7. The first-order chi connectivity index (χ1) is 11.8. The number of aromatic nitrogens is 1. The smallest absolute Gasteiger partial charge is 0.296 e. The summed E-state index contributed by atoms with van der Waals surface area (Å²) in [6.07, 6.45) is 3.87. The highest BCUT2D eigenvalue weighted by Gasteiger charge is 2.20. The third kappa shape index (κ3) is 4.62. The molecule has 0 aliphatic carbocycles. The fourth-order valence-corrected chi connectivity index (χ4v) is 3.31. The Morgan fingerprint density at radius 3 is 2.52 bits per heavy atom. The summed E-state index contributed by atoms with van der Waals surface area (Å²) < 4.78 is 32.9. The van der Waals surface area contributed by atoms with Gasteiger partial charge in [0.1, 0.15) is 16.9 Å². The molecule has 25 heavy (non-hydrogen) atoms. The van der Waals surface area contributed by atoms with Crippen LogP contribution in [-0.4, -0.2) is 44.6 Å². The van der Waals surface area contributed by atoms with Gasteiger partial charge in [0.25, 0.3) is 10.1 Å². The maximum atomic E-state index is 11.7. The van der Waals surface area contributed by atoms with Gasteiger partial charge in [0.15, 0.2) is 5.82 Å². The van der Waals surface area contributed by atoms with E-state index in [0.29, 0.717) is 17.5 Å². The molecular weight excluding hydrogens is 364 g/mol. The maximum Gasteiger partial charge on any atom is 0.296 e. The Kier molecular flexibility index (Phi) is 5.88. The minimum atomic E-state index is -4.50. The minimum Gasteiger partial charge on any atom is -0.377 e. The van der Waals surface area contributed by atoms with Crippen molar-refractivity contribution in [2.24, 2.45) is 10.2 Å². The maximum absolute atomic E-state index is 11.7. The lowest BCUT2D eigenvalue weighted by atomic mass is 10.2. The molecule has 132 valence electrons. The van der Waals surface area contributed by atoms with E-state index in [-0.39, 0.29) is 16.4 Å². The number of carbonyl (C=O) groups excluding carboxylic acids is 1. The number of azo groups is 1. The van der Waals surface area contributed by atoms with Gasteiger partial charge >= 0.3 is 0 Å². The lowest BCUT2D eigenvalue weighted by molar-refractivity contribution is 0.112. The van der Waals surface area contributed by atoms with E-state index < -0.39 is 10.1 Å². The van der Waals surface area contributed by atoms with Gasteiger partial charge in [-0.05, 0) is 30.5 Å². The Balaban J connectivity index is 2.58. The second kappa shape index (κ2) is 7.72. The van der Waals surface area contributed by atoms with Crippen molar-refractivity contribution in [3.63, 3.8) is 0 Å². The van der Waals surface area contributed by atoms with Crippen molar-refractivity contribution in [1.82, 2.24) is 4.98 Å². The monoisotopic (exact) mass is 380 g/mol. The zero-order valence-corrected chi connectivity index (χ0v) is 15.4. The third-order valence-electron chi connectivity index (χ3n) is 3.19. The molecule has 0 radical (unpaired) electrons. The number of hydrogen-bond donors (Lipinski definition) is 1. The third-order valence-corrected chi connectivity index (χ3v) is 4.84. The summed E-state index contributed by atoms with van der Waals surface area (Å²) in [5, 5.41) is 7.77. The Bertz CT molecular complexity index is 927. The van der Waals surface area contributed by atoms with Crippen LogP contribution in [0.2, 0.25) is 0 Å². The van der Waals surface area contributed by atoms with Crippen molar-refractivity contribution >= 4 is 45.4 Å². The van der Waals surface area contributed by atoms with Gasteiger partial charge in [-0.3, -0.25) is 9.35 Å². The molecule has 0 aliphatic rings. The highest BCUT2D eigenvalue weighted by molar-refractivity contribution is 7.98. The summed E-state index contributed by atoms with van der Waals surface area (Å²) in [5.41, 5.74) is 0.975. The number of anilines is 1. The quantitative estimate of drug-likeness (QED) is 0.354. The number of benzene rings is 1. The zero-order chi connectivity index (χ0) is 18.6. The first kappa shape index (κ1) is 19.0. The van der Waals surface area contributed by atoms with Gasteiger partial charge in [-0.2, -0.15) is 8.42 Å². The van der Waals surface area contributed by atoms with Crippen LogP contribution in [0.1, 0.15) is 10.4 Å². The second-order valence-corrected chi connectivity index (χ2v) is 7.36. The summed E-state index contributed by atoms with van der Waals surface area (Å²) in [6.45, 7) is 0. The van der Waals surface area contributed by atoms with Crippen LogP contribution >= 0.6 is 11.8 Å². The van der Waals surface area contributed by atoms with Crippen LogP contribution in [-0.2, 0) is 10.1 Å². The molecule has 1 aromatic heterocycles. The molecule has 0 saturated heterocycles. The molecule has 0 amide bonds. The van der Waals surface area contributed by atoms with E-state index in [9.17, 15) is 17.8 Å². The number of rotatable bonds is 6. The molecule has 0 unspecified atom stereocenters. The summed E-state index contributed by atoms with van der Waals surface area (Å²) in [6, 6.07) is 5.78. The average molecular weight is 380 g/mol. The molecule has 0 atom stereocenters. The molecule has 0 fully saturated rings. The fourth-order valence-electron chi connectivity index (χ4n) is 2.00. The number of nitrogens with zero attached hydrogens (tertiary/aromatic N) is 4. The van der Waals surface area contributed by atoms with Crippen LogP contribution in [0.25, 0.3) is 0 Å². The van der Waals surface area contributed by atoms with Gasteiger partial charge < -0.3 is 4.90 Å². The number of thioether (sulfide) groups is 1. The molecule has 1 heterocycles. The predicted octanol–water partition coefficient (Wildman–Crippen LogP) is 3.34. The Morgan fingerprint density at radius 1 is 1.24 bits per heavy atom. The molecule has 10 heteroatoms. The van der Waals surface area contributed by atoms with Crippen LogP contribution < -0.4 is 4.90 Å². The topological polar surface area (TPSA) is 112 Å². The molecule has 0 bridgehead atoms. The first-order valence-corrected chi connectivity index (χ1v) is 9.62. The Labute approximate surface area is 149 Å². The molecule has 2 aromatic rings. The number of carbonyl (C=O) groups is 1. The molecule has 0 saturated carbocycles.